The maximum atomic E-state index is 6.00. The minimum absolute atomic E-state index is 0.226. The van der Waals surface area contributed by atoms with Crippen molar-refractivity contribution in [3.05, 3.63) is 64.7 Å². The molecule has 0 spiro atoms. The van der Waals surface area contributed by atoms with Gasteiger partial charge in [-0.15, -0.1) is 0 Å². The first-order valence-electron chi connectivity index (χ1n) is 8.68. The largest absolute Gasteiger partial charge is 0.488 e. The number of hydrogen-bond acceptors (Lipinski definition) is 6. The maximum Gasteiger partial charge on any atom is 0.231 e. The molecule has 0 saturated carbocycles. The summed E-state index contributed by atoms with van der Waals surface area (Å²) < 4.78 is 33.2. The summed E-state index contributed by atoms with van der Waals surface area (Å²) in [5.41, 5.74) is 4.15. The third-order valence-electron chi connectivity index (χ3n) is 4.73. The molecule has 6 heteroatoms. The van der Waals surface area contributed by atoms with Gasteiger partial charge in [0.25, 0.3) is 0 Å². The predicted molar refractivity (Wildman–Crippen MR) is 97.3 cm³/mol. The fraction of sp³-hybridized carbons (Fsp3) is 0.238. The molecule has 0 aromatic heterocycles. The average Bonchev–Trinajstić information content (AvgIpc) is 3.42. The van der Waals surface area contributed by atoms with E-state index >= 15 is 0 Å². The summed E-state index contributed by atoms with van der Waals surface area (Å²) in [6.45, 7) is 1.48. The van der Waals surface area contributed by atoms with Gasteiger partial charge in [-0.3, -0.25) is 0 Å². The lowest BCUT2D eigenvalue weighted by Gasteiger charge is -2.09. The zero-order valence-corrected chi connectivity index (χ0v) is 14.8. The molecule has 0 aliphatic carbocycles. The van der Waals surface area contributed by atoms with Crippen LogP contribution in [0.15, 0.2) is 53.6 Å². The van der Waals surface area contributed by atoms with E-state index in [2.05, 4.69) is 0 Å². The molecule has 0 bridgehead atoms. The van der Waals surface area contributed by atoms with Crippen molar-refractivity contribution in [1.29, 1.82) is 0 Å². The minimum atomic E-state index is 0.226. The molecule has 0 unspecified atom stereocenters. The summed E-state index contributed by atoms with van der Waals surface area (Å²) in [4.78, 5) is 0. The normalized spacial score (nSPS) is 17.1. The number of methoxy groups -OCH3 is 1. The quantitative estimate of drug-likeness (QED) is 0.754. The number of ether oxygens (including phenoxy) is 6. The lowest BCUT2D eigenvalue weighted by atomic mass is 10.0. The standard InChI is InChI=1S/C21H18O6/c1-22-11-25-15-5-2-13(3-6-15)20-16-9-24-21(17(16)10-23-20)14-4-7-18-19(8-14)27-12-26-18/h2-8H,9-12H2,1H3. The van der Waals surface area contributed by atoms with Crippen molar-refractivity contribution in [3.63, 3.8) is 0 Å². The van der Waals surface area contributed by atoms with Crippen LogP contribution in [0, 0.1) is 0 Å². The summed E-state index contributed by atoms with van der Waals surface area (Å²) in [5.74, 6) is 3.96. The maximum absolute atomic E-state index is 6.00. The van der Waals surface area contributed by atoms with Crippen LogP contribution in [0.1, 0.15) is 11.1 Å². The number of rotatable bonds is 5. The van der Waals surface area contributed by atoms with E-state index in [1.165, 1.54) is 0 Å². The Balaban J connectivity index is 1.45. The third kappa shape index (κ3) is 2.78. The highest BCUT2D eigenvalue weighted by atomic mass is 16.7. The molecule has 3 heterocycles. The molecule has 5 rings (SSSR count). The van der Waals surface area contributed by atoms with E-state index < -0.39 is 0 Å². The van der Waals surface area contributed by atoms with E-state index in [4.69, 9.17) is 28.4 Å². The Hall–Kier alpha value is -3.12. The van der Waals surface area contributed by atoms with Crippen molar-refractivity contribution in [2.24, 2.45) is 0 Å². The monoisotopic (exact) mass is 366 g/mol. The van der Waals surface area contributed by atoms with E-state index in [1.807, 2.05) is 42.5 Å². The molecule has 3 aliphatic rings. The van der Waals surface area contributed by atoms with E-state index in [0.29, 0.717) is 13.2 Å². The summed E-state index contributed by atoms with van der Waals surface area (Å²) in [7, 11) is 1.60. The summed E-state index contributed by atoms with van der Waals surface area (Å²) >= 11 is 0. The average molecular weight is 366 g/mol. The lowest BCUT2D eigenvalue weighted by molar-refractivity contribution is 0.0511. The molecule has 3 aliphatic heterocycles. The smallest absolute Gasteiger partial charge is 0.231 e. The highest BCUT2D eigenvalue weighted by Crippen LogP contribution is 2.43. The second-order valence-electron chi connectivity index (χ2n) is 6.34. The molecular weight excluding hydrogens is 348 g/mol. The van der Waals surface area contributed by atoms with Crippen LogP contribution in [-0.4, -0.2) is 33.9 Å². The fourth-order valence-corrected chi connectivity index (χ4v) is 3.42. The summed E-state index contributed by atoms with van der Waals surface area (Å²) in [5, 5.41) is 0. The topological polar surface area (TPSA) is 55.4 Å². The number of hydrogen-bond donors (Lipinski definition) is 0. The van der Waals surface area contributed by atoms with Crippen LogP contribution in [0.2, 0.25) is 0 Å². The van der Waals surface area contributed by atoms with Crippen LogP contribution < -0.4 is 14.2 Å². The Bertz CT molecular complexity index is 942. The van der Waals surface area contributed by atoms with Gasteiger partial charge in [0.1, 0.15) is 30.5 Å². The Morgan fingerprint density at radius 3 is 2.19 bits per heavy atom. The SMILES string of the molecule is COCOc1ccc(C2=C3COC(c4ccc5c(c4)OCO5)=C3CO2)cc1. The highest BCUT2D eigenvalue weighted by molar-refractivity contribution is 5.81. The van der Waals surface area contributed by atoms with Gasteiger partial charge in [-0.2, -0.15) is 0 Å². The van der Waals surface area contributed by atoms with E-state index in [-0.39, 0.29) is 13.6 Å². The van der Waals surface area contributed by atoms with Crippen LogP contribution in [0.5, 0.6) is 17.2 Å². The summed E-state index contributed by atoms with van der Waals surface area (Å²) in [6, 6.07) is 13.6. The van der Waals surface area contributed by atoms with Gasteiger partial charge in [-0.05, 0) is 42.5 Å². The van der Waals surface area contributed by atoms with Gasteiger partial charge >= 0.3 is 0 Å². The Kier molecular flexibility index (Phi) is 3.90. The fourth-order valence-electron chi connectivity index (χ4n) is 3.42. The zero-order valence-electron chi connectivity index (χ0n) is 14.8. The molecule has 0 atom stereocenters. The van der Waals surface area contributed by atoms with Crippen molar-refractivity contribution >= 4 is 11.5 Å². The lowest BCUT2D eigenvalue weighted by Crippen LogP contribution is -1.99. The van der Waals surface area contributed by atoms with Gasteiger partial charge < -0.3 is 28.4 Å². The molecule has 0 amide bonds. The predicted octanol–water partition coefficient (Wildman–Crippen LogP) is 3.58. The molecule has 2 aromatic carbocycles. The van der Waals surface area contributed by atoms with E-state index in [0.717, 1.165) is 51.0 Å². The molecule has 0 radical (unpaired) electrons. The van der Waals surface area contributed by atoms with E-state index in [9.17, 15) is 0 Å². The third-order valence-corrected chi connectivity index (χ3v) is 4.73. The molecule has 27 heavy (non-hydrogen) atoms. The first kappa shape index (κ1) is 16.1. The Morgan fingerprint density at radius 2 is 1.44 bits per heavy atom. The number of benzene rings is 2. The molecular formula is C21H18O6. The van der Waals surface area contributed by atoms with Crippen molar-refractivity contribution < 1.29 is 28.4 Å². The first-order valence-corrected chi connectivity index (χ1v) is 8.68. The molecule has 2 aromatic rings. The molecule has 138 valence electrons. The Morgan fingerprint density at radius 1 is 0.778 bits per heavy atom. The van der Waals surface area contributed by atoms with Gasteiger partial charge in [-0.1, -0.05) is 0 Å². The van der Waals surface area contributed by atoms with E-state index in [1.54, 1.807) is 7.11 Å². The second-order valence-corrected chi connectivity index (χ2v) is 6.34. The van der Waals surface area contributed by atoms with Gasteiger partial charge in [0.05, 0.1) is 0 Å². The van der Waals surface area contributed by atoms with Crippen LogP contribution >= 0.6 is 0 Å². The zero-order chi connectivity index (χ0) is 18.2. The van der Waals surface area contributed by atoms with Gasteiger partial charge in [0.2, 0.25) is 6.79 Å². The molecule has 0 N–H and O–H groups in total. The van der Waals surface area contributed by atoms with Gasteiger partial charge in [0, 0.05) is 29.4 Å². The van der Waals surface area contributed by atoms with Crippen LogP contribution in [-0.2, 0) is 14.2 Å². The van der Waals surface area contributed by atoms with Crippen LogP contribution in [0.25, 0.3) is 11.5 Å². The highest BCUT2D eigenvalue weighted by Gasteiger charge is 2.33. The molecule has 0 fully saturated rings. The van der Waals surface area contributed by atoms with Gasteiger partial charge in [0.15, 0.2) is 18.3 Å². The van der Waals surface area contributed by atoms with Crippen molar-refractivity contribution in [3.8, 4) is 17.2 Å². The van der Waals surface area contributed by atoms with Crippen molar-refractivity contribution in [2.75, 3.05) is 33.9 Å². The summed E-state index contributed by atoms with van der Waals surface area (Å²) in [6.07, 6.45) is 0. The minimum Gasteiger partial charge on any atom is -0.488 e. The van der Waals surface area contributed by atoms with Crippen molar-refractivity contribution in [1.82, 2.24) is 0 Å². The van der Waals surface area contributed by atoms with Crippen molar-refractivity contribution in [2.45, 2.75) is 0 Å². The second kappa shape index (κ2) is 6.55. The molecule has 6 nitrogen and oxygen atoms in total. The number of fused-ring (bicyclic) bond motifs is 2. The van der Waals surface area contributed by atoms with Crippen LogP contribution in [0.3, 0.4) is 0 Å². The first-order chi connectivity index (χ1) is 13.3. The Labute approximate surface area is 156 Å². The van der Waals surface area contributed by atoms with Gasteiger partial charge in [-0.25, -0.2) is 0 Å². The van der Waals surface area contributed by atoms with Crippen LogP contribution in [0.4, 0.5) is 0 Å². The molecule has 0 saturated heterocycles.